The Morgan fingerprint density at radius 3 is 2.77 bits per heavy atom. The molecule has 0 saturated carbocycles. The summed E-state index contributed by atoms with van der Waals surface area (Å²) in [5, 5.41) is 25.0. The summed E-state index contributed by atoms with van der Waals surface area (Å²) in [6.45, 7) is 5.44. The number of benzene rings is 1. The van der Waals surface area contributed by atoms with E-state index in [0.717, 1.165) is 17.3 Å². The minimum atomic E-state index is -0.333. The fourth-order valence-corrected chi connectivity index (χ4v) is 3.50. The summed E-state index contributed by atoms with van der Waals surface area (Å²) < 4.78 is 6.14. The molecule has 1 aromatic carbocycles. The lowest BCUT2D eigenvalue weighted by molar-refractivity contribution is 0.579. The lowest BCUT2D eigenvalue weighted by Gasteiger charge is -2.19. The fourth-order valence-electron chi connectivity index (χ4n) is 3.35. The van der Waals surface area contributed by atoms with Gasteiger partial charge in [-0.3, -0.25) is 4.79 Å². The first-order valence-corrected chi connectivity index (χ1v) is 9.84. The average Bonchev–Trinajstić information content (AvgIpc) is 2.75. The average molecular weight is 437 g/mol. The first-order valence-electron chi connectivity index (χ1n) is 9.47. The maximum absolute atomic E-state index is 13.1. The van der Waals surface area contributed by atoms with Gasteiger partial charge in [-0.15, -0.1) is 0 Å². The van der Waals surface area contributed by atoms with Gasteiger partial charge in [-0.2, -0.15) is 10.4 Å². The van der Waals surface area contributed by atoms with Crippen molar-refractivity contribution < 1.29 is 4.42 Å². The van der Waals surface area contributed by atoms with Gasteiger partial charge in [0.2, 0.25) is 0 Å². The Hall–Kier alpha value is -3.70. The number of fused-ring (bicyclic) bond motifs is 1. The van der Waals surface area contributed by atoms with Crippen molar-refractivity contribution in [2.75, 3.05) is 12.4 Å². The predicted octanol–water partition coefficient (Wildman–Crippen LogP) is 4.08. The van der Waals surface area contributed by atoms with Gasteiger partial charge < -0.3 is 20.6 Å². The van der Waals surface area contributed by atoms with Gasteiger partial charge in [-0.05, 0) is 44.5 Å². The summed E-state index contributed by atoms with van der Waals surface area (Å²) in [6, 6.07) is 8.66. The Balaban J connectivity index is 2.21. The minimum absolute atomic E-state index is 0.168. The van der Waals surface area contributed by atoms with Crippen molar-refractivity contribution in [3.05, 3.63) is 67.8 Å². The van der Waals surface area contributed by atoms with Gasteiger partial charge in [0, 0.05) is 24.4 Å². The highest BCUT2D eigenvalue weighted by molar-refractivity contribution is 6.36. The van der Waals surface area contributed by atoms with E-state index in [9.17, 15) is 10.1 Å². The zero-order valence-corrected chi connectivity index (χ0v) is 18.3. The van der Waals surface area contributed by atoms with E-state index in [0.29, 0.717) is 22.2 Å². The zero-order valence-electron chi connectivity index (χ0n) is 17.5. The van der Waals surface area contributed by atoms with E-state index < -0.39 is 0 Å². The molecular formula is C22H21ClN6O2. The van der Waals surface area contributed by atoms with E-state index in [1.807, 2.05) is 26.0 Å². The molecule has 3 aromatic rings. The van der Waals surface area contributed by atoms with Gasteiger partial charge in [0.05, 0.1) is 17.1 Å². The lowest BCUT2D eigenvalue weighted by atomic mass is 9.99. The molecule has 0 aliphatic rings. The number of halogens is 1. The van der Waals surface area contributed by atoms with E-state index in [2.05, 4.69) is 20.8 Å². The molecule has 9 heteroatoms. The zero-order chi connectivity index (χ0) is 22.7. The molecule has 0 fully saturated rings. The van der Waals surface area contributed by atoms with E-state index in [1.54, 1.807) is 32.2 Å². The van der Waals surface area contributed by atoms with Gasteiger partial charge in [0.25, 0.3) is 0 Å². The number of hydrazone groups is 1. The van der Waals surface area contributed by atoms with Crippen LogP contribution in [0.3, 0.4) is 0 Å². The third-order valence-corrected chi connectivity index (χ3v) is 5.01. The van der Waals surface area contributed by atoms with Crippen LogP contribution in [0.15, 0.2) is 38.6 Å². The molecular weight excluding hydrogens is 416 g/mol. The molecule has 0 amide bonds. The number of hydrogen-bond acceptors (Lipinski definition) is 8. The number of pyridine rings is 1. The van der Waals surface area contributed by atoms with Crippen LogP contribution in [0.2, 0.25) is 5.15 Å². The third-order valence-electron chi connectivity index (χ3n) is 4.80. The smallest absolute Gasteiger partial charge is 0.196 e. The van der Waals surface area contributed by atoms with Crippen LogP contribution >= 0.6 is 11.6 Å². The fraction of sp³-hybridized carbons (Fsp3) is 0.227. The number of aromatic nitrogens is 1. The van der Waals surface area contributed by atoms with Crippen LogP contribution in [0.1, 0.15) is 41.1 Å². The van der Waals surface area contributed by atoms with E-state index in [1.165, 1.54) is 0 Å². The van der Waals surface area contributed by atoms with Gasteiger partial charge in [0.15, 0.2) is 16.9 Å². The third kappa shape index (κ3) is 4.27. The topological polar surface area (TPSA) is 127 Å². The van der Waals surface area contributed by atoms with Crippen LogP contribution in [0.5, 0.6) is 0 Å². The Morgan fingerprint density at radius 2 is 2.13 bits per heavy atom. The number of nitriles is 1. The van der Waals surface area contributed by atoms with Gasteiger partial charge >= 0.3 is 0 Å². The minimum Gasteiger partial charge on any atom is -0.453 e. The second kappa shape index (κ2) is 8.98. The summed E-state index contributed by atoms with van der Waals surface area (Å²) in [6.07, 6.45) is 1.03. The van der Waals surface area contributed by atoms with Crippen LogP contribution in [0, 0.1) is 30.6 Å². The van der Waals surface area contributed by atoms with Crippen molar-refractivity contribution in [1.82, 2.24) is 10.4 Å². The quantitative estimate of drug-likeness (QED) is 0.303. The number of aryl methyl sites for hydroxylation is 1. The highest BCUT2D eigenvalue weighted by Gasteiger charge is 2.20. The SMILES string of the molecule is CN/N=C(\C=N)c1oc2c(C(C)Nc3ccc(Cl)nc3C#N)cc(C)cc2c(=O)c1C. The molecule has 1 atom stereocenters. The van der Waals surface area contributed by atoms with Crippen molar-refractivity contribution in [2.24, 2.45) is 5.10 Å². The molecule has 0 radical (unpaired) electrons. The molecule has 31 heavy (non-hydrogen) atoms. The summed E-state index contributed by atoms with van der Waals surface area (Å²) >= 11 is 5.89. The second-order valence-electron chi connectivity index (χ2n) is 6.99. The van der Waals surface area contributed by atoms with Crippen molar-refractivity contribution in [3.63, 3.8) is 0 Å². The Labute approximate surface area is 184 Å². The number of hydrogen-bond donors (Lipinski definition) is 3. The van der Waals surface area contributed by atoms with Gasteiger partial charge in [-0.25, -0.2) is 4.98 Å². The summed E-state index contributed by atoms with van der Waals surface area (Å²) in [7, 11) is 1.60. The molecule has 0 spiro atoms. The molecule has 0 bridgehead atoms. The molecule has 158 valence electrons. The van der Waals surface area contributed by atoms with Crippen molar-refractivity contribution in [3.8, 4) is 6.07 Å². The highest BCUT2D eigenvalue weighted by atomic mass is 35.5. The molecule has 0 aliphatic carbocycles. The summed E-state index contributed by atoms with van der Waals surface area (Å²) in [4.78, 5) is 17.1. The maximum atomic E-state index is 13.1. The molecule has 3 rings (SSSR count). The van der Waals surface area contributed by atoms with Crippen LogP contribution in [-0.4, -0.2) is 24.0 Å². The monoisotopic (exact) mass is 436 g/mol. The standard InChI is InChI=1S/C22H21ClN6O2/c1-11-7-14(13(3)27-16-5-6-19(23)28-17(16)9-24)22-15(8-11)20(30)12(2)21(31-22)18(10-25)29-26-4/h5-8,10,13,25-27H,1-4H3/b25-10?,29-18+. The van der Waals surface area contributed by atoms with Gasteiger partial charge in [0.1, 0.15) is 22.5 Å². The molecule has 2 heterocycles. The number of nitrogens with zero attached hydrogens (tertiary/aromatic N) is 3. The number of nitrogens with one attached hydrogen (secondary N) is 3. The van der Waals surface area contributed by atoms with E-state index in [4.69, 9.17) is 21.4 Å². The van der Waals surface area contributed by atoms with Crippen LogP contribution in [-0.2, 0) is 0 Å². The van der Waals surface area contributed by atoms with E-state index in [-0.39, 0.29) is 33.8 Å². The normalized spacial score (nSPS) is 12.3. The van der Waals surface area contributed by atoms with Crippen molar-refractivity contribution >= 4 is 40.2 Å². The maximum Gasteiger partial charge on any atom is 0.196 e. The molecule has 0 aliphatic heterocycles. The number of anilines is 1. The van der Waals surface area contributed by atoms with Crippen LogP contribution in [0.4, 0.5) is 5.69 Å². The molecule has 2 aromatic heterocycles. The van der Waals surface area contributed by atoms with E-state index >= 15 is 0 Å². The molecule has 1 unspecified atom stereocenters. The molecule has 0 saturated heterocycles. The van der Waals surface area contributed by atoms with Crippen molar-refractivity contribution in [2.45, 2.75) is 26.8 Å². The van der Waals surface area contributed by atoms with Crippen LogP contribution < -0.4 is 16.2 Å². The first kappa shape index (κ1) is 22.0. The van der Waals surface area contributed by atoms with Gasteiger partial charge in [-0.1, -0.05) is 17.7 Å². The second-order valence-corrected chi connectivity index (χ2v) is 7.38. The summed E-state index contributed by atoms with van der Waals surface area (Å²) in [5.41, 5.74) is 5.70. The first-order chi connectivity index (χ1) is 14.8. The highest BCUT2D eigenvalue weighted by Crippen LogP contribution is 2.30. The Bertz CT molecular complexity index is 1310. The molecule has 8 nitrogen and oxygen atoms in total. The molecule has 3 N–H and O–H groups in total. The van der Waals surface area contributed by atoms with Crippen molar-refractivity contribution in [1.29, 1.82) is 10.7 Å². The Morgan fingerprint density at radius 1 is 1.39 bits per heavy atom. The van der Waals surface area contributed by atoms with Crippen LogP contribution in [0.25, 0.3) is 11.0 Å². The lowest BCUT2D eigenvalue weighted by Crippen LogP contribution is -2.18. The largest absolute Gasteiger partial charge is 0.453 e. The summed E-state index contributed by atoms with van der Waals surface area (Å²) in [5.74, 6) is 0.227. The number of rotatable bonds is 6. The Kier molecular flexibility index (Phi) is 6.37. The predicted molar refractivity (Wildman–Crippen MR) is 122 cm³/mol.